The molecule has 0 saturated heterocycles. The quantitative estimate of drug-likeness (QED) is 0.414. The largest absolute Gasteiger partial charge is 0.262 e. The van der Waals surface area contributed by atoms with Crippen LogP contribution in [0.3, 0.4) is 0 Å². The van der Waals surface area contributed by atoms with Gasteiger partial charge in [-0.2, -0.15) is 5.10 Å². The molecule has 0 spiro atoms. The number of halogens is 1. The van der Waals surface area contributed by atoms with Gasteiger partial charge in [0.15, 0.2) is 0 Å². The Bertz CT molecular complexity index is 1000. The van der Waals surface area contributed by atoms with Crippen LogP contribution < -0.4 is 0 Å². The van der Waals surface area contributed by atoms with Crippen LogP contribution in [-0.4, -0.2) is 9.78 Å². The Morgan fingerprint density at radius 2 is 1.70 bits per heavy atom. The SMILES string of the molecule is CC(C)n1nc(-c2ccccc2)c2cc3cc(Br)ccc3cc21. The van der Waals surface area contributed by atoms with Crippen LogP contribution in [0.25, 0.3) is 32.9 Å². The van der Waals surface area contributed by atoms with Crippen molar-refractivity contribution < 1.29 is 0 Å². The minimum Gasteiger partial charge on any atom is -0.262 e. The molecule has 0 bridgehead atoms. The van der Waals surface area contributed by atoms with E-state index in [9.17, 15) is 0 Å². The van der Waals surface area contributed by atoms with Crippen LogP contribution in [0.2, 0.25) is 0 Å². The summed E-state index contributed by atoms with van der Waals surface area (Å²) in [5.41, 5.74) is 3.40. The first-order valence-electron chi connectivity index (χ1n) is 7.80. The number of nitrogens with zero attached hydrogens (tertiary/aromatic N) is 2. The molecule has 0 amide bonds. The minimum absolute atomic E-state index is 0.322. The molecule has 0 aliphatic rings. The van der Waals surface area contributed by atoms with Gasteiger partial charge in [0.1, 0.15) is 5.69 Å². The van der Waals surface area contributed by atoms with Gasteiger partial charge < -0.3 is 0 Å². The van der Waals surface area contributed by atoms with E-state index in [1.165, 1.54) is 21.7 Å². The van der Waals surface area contributed by atoms with Gasteiger partial charge in [0.05, 0.1) is 5.52 Å². The lowest BCUT2D eigenvalue weighted by Gasteiger charge is -2.07. The lowest BCUT2D eigenvalue weighted by atomic mass is 10.0. The zero-order valence-electron chi connectivity index (χ0n) is 13.1. The summed E-state index contributed by atoms with van der Waals surface area (Å²) in [6.45, 7) is 4.35. The second-order valence-corrected chi connectivity index (χ2v) is 7.03. The molecule has 0 saturated carbocycles. The first-order valence-corrected chi connectivity index (χ1v) is 8.60. The highest BCUT2D eigenvalue weighted by molar-refractivity contribution is 9.10. The summed E-state index contributed by atoms with van der Waals surface area (Å²) < 4.78 is 3.22. The van der Waals surface area contributed by atoms with Gasteiger partial charge in [0, 0.05) is 21.5 Å². The highest BCUT2D eigenvalue weighted by Crippen LogP contribution is 2.33. The van der Waals surface area contributed by atoms with Crippen molar-refractivity contribution >= 4 is 37.6 Å². The molecule has 0 unspecified atom stereocenters. The van der Waals surface area contributed by atoms with E-state index in [0.717, 1.165) is 15.7 Å². The number of rotatable bonds is 2. The molecule has 0 atom stereocenters. The number of aromatic nitrogens is 2. The second kappa shape index (κ2) is 5.50. The van der Waals surface area contributed by atoms with Crippen molar-refractivity contribution in [1.29, 1.82) is 0 Å². The molecule has 3 aromatic carbocycles. The summed E-state index contributed by atoms with van der Waals surface area (Å²) in [6.07, 6.45) is 0. The van der Waals surface area contributed by atoms with Crippen LogP contribution in [0.1, 0.15) is 19.9 Å². The summed E-state index contributed by atoms with van der Waals surface area (Å²) in [4.78, 5) is 0. The molecule has 114 valence electrons. The fraction of sp³-hybridized carbons (Fsp3) is 0.150. The van der Waals surface area contributed by atoms with Crippen molar-refractivity contribution in [2.24, 2.45) is 0 Å². The van der Waals surface area contributed by atoms with E-state index in [4.69, 9.17) is 5.10 Å². The van der Waals surface area contributed by atoms with Crippen LogP contribution in [0.15, 0.2) is 65.1 Å². The van der Waals surface area contributed by atoms with Crippen LogP contribution in [0.5, 0.6) is 0 Å². The Morgan fingerprint density at radius 1 is 0.913 bits per heavy atom. The Labute approximate surface area is 143 Å². The molecule has 0 aliphatic heterocycles. The number of fused-ring (bicyclic) bond motifs is 2. The predicted octanol–water partition coefficient (Wildman–Crippen LogP) is 6.20. The molecule has 1 heterocycles. The third-order valence-corrected chi connectivity index (χ3v) is 4.66. The fourth-order valence-corrected chi connectivity index (χ4v) is 3.43. The van der Waals surface area contributed by atoms with Gasteiger partial charge in [0.2, 0.25) is 0 Å². The van der Waals surface area contributed by atoms with Crippen molar-refractivity contribution in [1.82, 2.24) is 9.78 Å². The second-order valence-electron chi connectivity index (χ2n) is 6.11. The van der Waals surface area contributed by atoms with Gasteiger partial charge in [-0.15, -0.1) is 0 Å². The van der Waals surface area contributed by atoms with Gasteiger partial charge >= 0.3 is 0 Å². The smallest absolute Gasteiger partial charge is 0.100 e. The molecule has 1 aromatic heterocycles. The normalized spacial score (nSPS) is 11.7. The predicted molar refractivity (Wildman–Crippen MR) is 101 cm³/mol. The Morgan fingerprint density at radius 3 is 2.43 bits per heavy atom. The minimum atomic E-state index is 0.322. The standard InChI is InChI=1S/C20H17BrN2/c1-13(2)23-19-12-15-8-9-17(21)10-16(15)11-18(19)20(22-23)14-6-4-3-5-7-14/h3-13H,1-2H3. The van der Waals surface area contributed by atoms with Crippen molar-refractivity contribution in [3.05, 3.63) is 65.1 Å². The third-order valence-electron chi connectivity index (χ3n) is 4.16. The van der Waals surface area contributed by atoms with E-state index in [2.05, 4.69) is 89.1 Å². The summed E-state index contributed by atoms with van der Waals surface area (Å²) in [5.74, 6) is 0. The summed E-state index contributed by atoms with van der Waals surface area (Å²) in [5, 5.41) is 8.58. The zero-order chi connectivity index (χ0) is 16.0. The lowest BCUT2D eigenvalue weighted by Crippen LogP contribution is -2.02. The molecule has 23 heavy (non-hydrogen) atoms. The number of hydrogen-bond donors (Lipinski definition) is 0. The van der Waals surface area contributed by atoms with Crippen molar-refractivity contribution in [3.63, 3.8) is 0 Å². The number of hydrogen-bond acceptors (Lipinski definition) is 1. The molecule has 0 fully saturated rings. The van der Waals surface area contributed by atoms with Crippen LogP contribution in [0.4, 0.5) is 0 Å². The molecule has 3 heteroatoms. The van der Waals surface area contributed by atoms with E-state index in [0.29, 0.717) is 6.04 Å². The van der Waals surface area contributed by atoms with Gasteiger partial charge in [-0.25, -0.2) is 0 Å². The van der Waals surface area contributed by atoms with E-state index in [1.807, 2.05) is 6.07 Å². The highest BCUT2D eigenvalue weighted by Gasteiger charge is 2.15. The molecule has 0 aliphatic carbocycles. The van der Waals surface area contributed by atoms with Crippen molar-refractivity contribution in [2.75, 3.05) is 0 Å². The summed E-state index contributed by atoms with van der Waals surface area (Å²) in [7, 11) is 0. The Balaban J connectivity index is 2.10. The highest BCUT2D eigenvalue weighted by atomic mass is 79.9. The molecule has 0 N–H and O–H groups in total. The Kier molecular flexibility index (Phi) is 3.46. The number of benzene rings is 3. The maximum absolute atomic E-state index is 4.91. The van der Waals surface area contributed by atoms with Crippen LogP contribution >= 0.6 is 15.9 Å². The van der Waals surface area contributed by atoms with Gasteiger partial charge in [0.25, 0.3) is 0 Å². The van der Waals surface area contributed by atoms with E-state index < -0.39 is 0 Å². The maximum atomic E-state index is 4.91. The Hall–Kier alpha value is -2.13. The van der Waals surface area contributed by atoms with E-state index in [1.54, 1.807) is 0 Å². The first-order chi connectivity index (χ1) is 11.1. The topological polar surface area (TPSA) is 17.8 Å². The summed E-state index contributed by atoms with van der Waals surface area (Å²) in [6, 6.07) is 21.6. The van der Waals surface area contributed by atoms with Gasteiger partial charge in [-0.05, 0) is 48.9 Å². The van der Waals surface area contributed by atoms with E-state index in [-0.39, 0.29) is 0 Å². The van der Waals surface area contributed by atoms with E-state index >= 15 is 0 Å². The van der Waals surface area contributed by atoms with Gasteiger partial charge in [-0.1, -0.05) is 52.3 Å². The van der Waals surface area contributed by atoms with Crippen molar-refractivity contribution in [2.45, 2.75) is 19.9 Å². The first kappa shape index (κ1) is 14.5. The third kappa shape index (κ3) is 2.45. The maximum Gasteiger partial charge on any atom is 0.100 e. The lowest BCUT2D eigenvalue weighted by molar-refractivity contribution is 0.552. The van der Waals surface area contributed by atoms with Crippen LogP contribution in [0, 0.1) is 0 Å². The molecule has 2 nitrogen and oxygen atoms in total. The van der Waals surface area contributed by atoms with Crippen LogP contribution in [-0.2, 0) is 0 Å². The molecular weight excluding hydrogens is 348 g/mol. The molecule has 4 aromatic rings. The fourth-order valence-electron chi connectivity index (χ4n) is 3.05. The average molecular weight is 365 g/mol. The van der Waals surface area contributed by atoms with Crippen molar-refractivity contribution in [3.8, 4) is 11.3 Å². The average Bonchev–Trinajstić information content (AvgIpc) is 2.92. The summed E-state index contributed by atoms with van der Waals surface area (Å²) >= 11 is 3.57. The van der Waals surface area contributed by atoms with Gasteiger partial charge in [-0.3, -0.25) is 4.68 Å². The zero-order valence-corrected chi connectivity index (χ0v) is 14.7. The molecule has 0 radical (unpaired) electrons. The molecule has 4 rings (SSSR count). The monoisotopic (exact) mass is 364 g/mol. The molecular formula is C20H17BrN2.